The molecule has 312 valence electrons. The van der Waals surface area contributed by atoms with Crippen LogP contribution < -0.4 is 0 Å². The van der Waals surface area contributed by atoms with Gasteiger partial charge < -0.3 is 13.6 Å². The van der Waals surface area contributed by atoms with E-state index in [-0.39, 0.29) is 0 Å². The fourth-order valence-electron chi connectivity index (χ4n) is 10.2. The van der Waals surface area contributed by atoms with Crippen LogP contribution in [0, 0.1) is 0 Å². The number of nitrogens with zero attached hydrogens (tertiary/aromatic N) is 5. The largest absolute Gasteiger partial charge is 0.456 e. The van der Waals surface area contributed by atoms with Crippen molar-refractivity contribution >= 4 is 76.3 Å². The van der Waals surface area contributed by atoms with Crippen molar-refractivity contribution in [1.82, 2.24) is 24.1 Å². The molecule has 6 nitrogen and oxygen atoms in total. The minimum absolute atomic E-state index is 0.563. The van der Waals surface area contributed by atoms with Crippen LogP contribution in [0.2, 0.25) is 0 Å². The van der Waals surface area contributed by atoms with Gasteiger partial charge in [0.25, 0.3) is 0 Å². The highest BCUT2D eigenvalue weighted by Gasteiger charge is 2.23. The van der Waals surface area contributed by atoms with Crippen LogP contribution in [0.15, 0.2) is 229 Å². The second kappa shape index (κ2) is 14.7. The van der Waals surface area contributed by atoms with Crippen LogP contribution in [0.1, 0.15) is 0 Å². The summed E-state index contributed by atoms with van der Waals surface area (Å²) in [6.07, 6.45) is 0. The first-order valence-corrected chi connectivity index (χ1v) is 22.6. The van der Waals surface area contributed by atoms with Crippen molar-refractivity contribution in [3.05, 3.63) is 224 Å². The van der Waals surface area contributed by atoms with E-state index >= 15 is 0 Å². The monoisotopic (exact) mass is 855 g/mol. The van der Waals surface area contributed by atoms with Gasteiger partial charge in [-0.15, -0.1) is 0 Å². The molecule has 4 heterocycles. The number of hydrogen-bond donors (Lipinski definition) is 0. The third-order valence-corrected chi connectivity index (χ3v) is 13.3. The van der Waals surface area contributed by atoms with E-state index in [9.17, 15) is 0 Å². The Bertz CT molecular complexity index is 4260. The molecule has 0 atom stereocenters. The summed E-state index contributed by atoms with van der Waals surface area (Å²) in [5, 5.41) is 9.00. The molecule has 4 aromatic heterocycles. The maximum atomic E-state index is 6.65. The summed E-state index contributed by atoms with van der Waals surface area (Å²) in [6, 6.07) is 79.2. The molecule has 0 amide bonds. The van der Waals surface area contributed by atoms with Crippen molar-refractivity contribution in [3.63, 3.8) is 0 Å². The fourth-order valence-corrected chi connectivity index (χ4v) is 10.2. The maximum absolute atomic E-state index is 6.65. The molecular weight excluding hydrogens is 819 g/mol. The molecule has 0 saturated carbocycles. The number of para-hydroxylation sites is 4. The predicted molar refractivity (Wildman–Crippen MR) is 275 cm³/mol. The first kappa shape index (κ1) is 37.3. The molecule has 0 spiro atoms. The Morgan fingerprint density at radius 2 is 0.836 bits per heavy atom. The minimum atomic E-state index is 0.563. The van der Waals surface area contributed by atoms with Crippen molar-refractivity contribution < 1.29 is 4.42 Å². The predicted octanol–water partition coefficient (Wildman–Crippen LogP) is 15.8. The molecule has 14 aromatic rings. The van der Waals surface area contributed by atoms with E-state index in [1.807, 2.05) is 18.2 Å². The molecular formula is C61H37N5O. The van der Waals surface area contributed by atoms with Gasteiger partial charge in [-0.3, -0.25) is 0 Å². The van der Waals surface area contributed by atoms with E-state index < -0.39 is 0 Å². The van der Waals surface area contributed by atoms with Gasteiger partial charge in [-0.1, -0.05) is 152 Å². The van der Waals surface area contributed by atoms with Gasteiger partial charge in [0.1, 0.15) is 11.2 Å². The number of benzene rings is 10. The molecule has 0 N–H and O–H groups in total. The molecule has 0 aliphatic rings. The molecule has 67 heavy (non-hydrogen) atoms. The van der Waals surface area contributed by atoms with Crippen molar-refractivity contribution in [1.29, 1.82) is 0 Å². The summed E-state index contributed by atoms with van der Waals surface area (Å²) >= 11 is 0. The molecule has 0 saturated heterocycles. The minimum Gasteiger partial charge on any atom is -0.456 e. The number of rotatable bonds is 6. The summed E-state index contributed by atoms with van der Waals surface area (Å²) < 4.78 is 11.3. The zero-order chi connectivity index (χ0) is 44.0. The second-order valence-electron chi connectivity index (χ2n) is 17.2. The van der Waals surface area contributed by atoms with Crippen LogP contribution in [-0.4, -0.2) is 24.1 Å². The number of furan rings is 1. The normalized spacial score (nSPS) is 11.9. The van der Waals surface area contributed by atoms with E-state index in [0.717, 1.165) is 105 Å². The van der Waals surface area contributed by atoms with Gasteiger partial charge in [0.2, 0.25) is 0 Å². The molecule has 10 aromatic carbocycles. The maximum Gasteiger partial charge on any atom is 0.166 e. The zero-order valence-corrected chi connectivity index (χ0v) is 36.0. The van der Waals surface area contributed by atoms with E-state index in [4.69, 9.17) is 19.4 Å². The SMILES string of the molecule is c1ccc(-c2ccc(-c3nc(-c4ccc5c(c4)c4ccccc4n5-c4ccccc4)nc(-c4cc5c(cc4-n4c6ccccc6c6cc7ccccc7cc64)oc4ccccc45)n3)cc2)cc1. The third kappa shape index (κ3) is 5.93. The molecule has 0 bridgehead atoms. The molecule has 0 fully saturated rings. The molecule has 14 rings (SSSR count). The fraction of sp³-hybridized carbons (Fsp3) is 0. The first-order chi connectivity index (χ1) is 33.2. The Kier molecular flexibility index (Phi) is 8.18. The van der Waals surface area contributed by atoms with Crippen LogP contribution >= 0.6 is 0 Å². The van der Waals surface area contributed by atoms with E-state index in [0.29, 0.717) is 17.5 Å². The number of aromatic nitrogens is 5. The second-order valence-corrected chi connectivity index (χ2v) is 17.2. The summed E-state index contributed by atoms with van der Waals surface area (Å²) in [4.78, 5) is 16.3. The van der Waals surface area contributed by atoms with Gasteiger partial charge in [-0.05, 0) is 88.6 Å². The molecule has 0 unspecified atom stereocenters. The lowest BCUT2D eigenvalue weighted by atomic mass is 10.0. The standard InChI is InChI=1S/C61H37N5O/c1-3-15-38(16-4-1)39-27-29-40(30-28-39)59-62-60(43-31-32-54-48(34-43)45-21-9-12-24-52(45)65(54)44-19-5-2-6-20-44)64-61(63-59)51-36-50-47-23-11-14-26-57(47)67-58(50)37-56(51)66-53-25-13-10-22-46(53)49-33-41-17-7-8-18-42(41)35-55(49)66/h1-37H. The van der Waals surface area contributed by atoms with Gasteiger partial charge in [0, 0.05) is 60.8 Å². The van der Waals surface area contributed by atoms with Crippen LogP contribution in [-0.2, 0) is 0 Å². The Labute approximate surface area is 384 Å². The van der Waals surface area contributed by atoms with E-state index in [1.54, 1.807) is 0 Å². The smallest absolute Gasteiger partial charge is 0.166 e. The Morgan fingerprint density at radius 1 is 0.299 bits per heavy atom. The van der Waals surface area contributed by atoms with Crippen molar-refractivity contribution in [2.45, 2.75) is 0 Å². The molecule has 0 aliphatic carbocycles. The Balaban J connectivity index is 1.06. The lowest BCUT2D eigenvalue weighted by molar-refractivity contribution is 0.668. The number of hydrogen-bond acceptors (Lipinski definition) is 4. The van der Waals surface area contributed by atoms with Crippen LogP contribution in [0.3, 0.4) is 0 Å². The summed E-state index contributed by atoms with van der Waals surface area (Å²) in [7, 11) is 0. The van der Waals surface area contributed by atoms with Crippen LogP contribution in [0.5, 0.6) is 0 Å². The van der Waals surface area contributed by atoms with Gasteiger partial charge in [0.15, 0.2) is 17.5 Å². The van der Waals surface area contributed by atoms with E-state index in [2.05, 4.69) is 215 Å². The quantitative estimate of drug-likeness (QED) is 0.167. The topological polar surface area (TPSA) is 61.7 Å². The third-order valence-electron chi connectivity index (χ3n) is 13.3. The summed E-state index contributed by atoms with van der Waals surface area (Å²) in [5.74, 6) is 1.73. The summed E-state index contributed by atoms with van der Waals surface area (Å²) in [5.41, 5.74) is 13.0. The molecule has 6 heteroatoms. The first-order valence-electron chi connectivity index (χ1n) is 22.6. The molecule has 0 radical (unpaired) electrons. The molecule has 0 aliphatic heterocycles. The van der Waals surface area contributed by atoms with Crippen LogP contribution in [0.25, 0.3) is 133 Å². The average Bonchev–Trinajstić information content (AvgIpc) is 4.04. The van der Waals surface area contributed by atoms with Gasteiger partial charge in [-0.2, -0.15) is 0 Å². The highest BCUT2D eigenvalue weighted by molar-refractivity contribution is 6.15. The average molecular weight is 856 g/mol. The van der Waals surface area contributed by atoms with Crippen molar-refractivity contribution in [2.75, 3.05) is 0 Å². The van der Waals surface area contributed by atoms with Gasteiger partial charge in [0.05, 0.1) is 27.8 Å². The summed E-state index contributed by atoms with van der Waals surface area (Å²) in [6.45, 7) is 0. The lowest BCUT2D eigenvalue weighted by Gasteiger charge is -2.15. The number of fused-ring (bicyclic) bond motifs is 10. The van der Waals surface area contributed by atoms with Crippen LogP contribution in [0.4, 0.5) is 0 Å². The van der Waals surface area contributed by atoms with Crippen molar-refractivity contribution in [2.24, 2.45) is 0 Å². The van der Waals surface area contributed by atoms with E-state index in [1.165, 1.54) is 10.8 Å². The Morgan fingerprint density at radius 3 is 1.60 bits per heavy atom. The highest BCUT2D eigenvalue weighted by atomic mass is 16.3. The lowest BCUT2D eigenvalue weighted by Crippen LogP contribution is -2.04. The highest BCUT2D eigenvalue weighted by Crippen LogP contribution is 2.42. The van der Waals surface area contributed by atoms with Crippen molar-refractivity contribution in [3.8, 4) is 56.7 Å². The zero-order valence-electron chi connectivity index (χ0n) is 36.0. The van der Waals surface area contributed by atoms with Gasteiger partial charge in [-0.25, -0.2) is 15.0 Å². The Hall–Kier alpha value is -9.13. The van der Waals surface area contributed by atoms with Gasteiger partial charge >= 0.3 is 0 Å².